The van der Waals surface area contributed by atoms with Gasteiger partial charge in [0, 0.05) is 11.6 Å². The molecule has 1 saturated carbocycles. The van der Waals surface area contributed by atoms with Crippen LogP contribution >= 0.6 is 0 Å². The van der Waals surface area contributed by atoms with E-state index >= 15 is 0 Å². The number of hydrogen-bond donors (Lipinski definition) is 1. The molecule has 25 heavy (non-hydrogen) atoms. The summed E-state index contributed by atoms with van der Waals surface area (Å²) in [5, 5.41) is 2.97. The number of benzene rings is 2. The first-order chi connectivity index (χ1) is 12.3. The van der Waals surface area contributed by atoms with Crippen LogP contribution in [0.15, 0.2) is 48.5 Å². The Morgan fingerprint density at radius 1 is 1.00 bits per heavy atom. The molecule has 0 spiro atoms. The lowest BCUT2D eigenvalue weighted by atomic mass is 10.2. The van der Waals surface area contributed by atoms with Crippen LogP contribution in [0.1, 0.15) is 30.1 Å². The molecule has 5 nitrogen and oxygen atoms in total. The Labute approximate surface area is 147 Å². The smallest absolute Gasteiger partial charge is 0.251 e. The highest BCUT2D eigenvalue weighted by atomic mass is 16.5. The third kappa shape index (κ3) is 5.14. The van der Waals surface area contributed by atoms with E-state index in [1.807, 2.05) is 37.3 Å². The minimum atomic E-state index is -0.0672. The maximum absolute atomic E-state index is 12.2. The van der Waals surface area contributed by atoms with E-state index in [9.17, 15) is 4.79 Å². The molecule has 1 amide bonds. The Bertz CT molecular complexity index is 698. The first-order valence-electron chi connectivity index (χ1n) is 8.64. The summed E-state index contributed by atoms with van der Waals surface area (Å²) in [5.74, 6) is 1.93. The van der Waals surface area contributed by atoms with Crippen LogP contribution in [0.5, 0.6) is 17.2 Å². The summed E-state index contributed by atoms with van der Waals surface area (Å²) in [6, 6.07) is 15.2. The number of ether oxygens (including phenoxy) is 3. The largest absolute Gasteiger partial charge is 0.490 e. The zero-order valence-electron chi connectivity index (χ0n) is 14.4. The van der Waals surface area contributed by atoms with E-state index in [1.54, 1.807) is 18.2 Å². The Kier molecular flexibility index (Phi) is 5.77. The van der Waals surface area contributed by atoms with Gasteiger partial charge < -0.3 is 19.5 Å². The van der Waals surface area contributed by atoms with Crippen molar-refractivity contribution < 1.29 is 19.0 Å². The molecule has 0 heterocycles. The number of para-hydroxylation sites is 1. The first kappa shape index (κ1) is 17.1. The molecule has 1 fully saturated rings. The highest BCUT2D eigenvalue weighted by Crippen LogP contribution is 2.29. The highest BCUT2D eigenvalue weighted by molar-refractivity contribution is 5.95. The average molecular weight is 341 g/mol. The number of nitrogens with one attached hydrogen (secondary N) is 1. The third-order valence-electron chi connectivity index (χ3n) is 3.77. The molecule has 0 aromatic heterocycles. The molecule has 1 aliphatic carbocycles. The SMILES string of the molecule is CCOc1cc(C(=O)NC2CC2)ccc1OCCOc1ccccc1. The van der Waals surface area contributed by atoms with E-state index in [0.29, 0.717) is 42.9 Å². The molecule has 5 heteroatoms. The lowest BCUT2D eigenvalue weighted by molar-refractivity contribution is 0.0950. The van der Waals surface area contributed by atoms with Gasteiger partial charge in [-0.25, -0.2) is 0 Å². The summed E-state index contributed by atoms with van der Waals surface area (Å²) in [6.07, 6.45) is 2.12. The zero-order chi connectivity index (χ0) is 17.5. The van der Waals surface area contributed by atoms with Gasteiger partial charge in [-0.05, 0) is 50.1 Å². The normalized spacial score (nSPS) is 13.2. The van der Waals surface area contributed by atoms with Crippen LogP contribution in [0.25, 0.3) is 0 Å². The van der Waals surface area contributed by atoms with Crippen molar-refractivity contribution in [1.82, 2.24) is 5.32 Å². The van der Waals surface area contributed by atoms with Crippen molar-refractivity contribution in [1.29, 1.82) is 0 Å². The van der Waals surface area contributed by atoms with E-state index in [4.69, 9.17) is 14.2 Å². The topological polar surface area (TPSA) is 56.8 Å². The van der Waals surface area contributed by atoms with Gasteiger partial charge in [-0.15, -0.1) is 0 Å². The average Bonchev–Trinajstić information content (AvgIpc) is 3.45. The number of rotatable bonds is 9. The highest BCUT2D eigenvalue weighted by Gasteiger charge is 2.24. The van der Waals surface area contributed by atoms with Crippen LogP contribution in [0.3, 0.4) is 0 Å². The second-order valence-electron chi connectivity index (χ2n) is 5.85. The molecule has 132 valence electrons. The predicted molar refractivity (Wildman–Crippen MR) is 95.5 cm³/mol. The molecule has 2 aromatic carbocycles. The van der Waals surface area contributed by atoms with Crippen LogP contribution in [0, 0.1) is 0 Å². The summed E-state index contributed by atoms with van der Waals surface area (Å²) in [6.45, 7) is 3.23. The van der Waals surface area contributed by atoms with E-state index in [0.717, 1.165) is 18.6 Å². The van der Waals surface area contributed by atoms with Crippen LogP contribution in [-0.4, -0.2) is 31.8 Å². The minimum absolute atomic E-state index is 0.0672. The second-order valence-corrected chi connectivity index (χ2v) is 5.85. The van der Waals surface area contributed by atoms with E-state index < -0.39 is 0 Å². The summed E-state index contributed by atoms with van der Waals surface area (Å²) < 4.78 is 17.0. The number of carbonyl (C=O) groups is 1. The molecule has 2 aromatic rings. The molecule has 0 radical (unpaired) electrons. The van der Waals surface area contributed by atoms with Crippen molar-refractivity contribution >= 4 is 5.91 Å². The Morgan fingerprint density at radius 2 is 1.76 bits per heavy atom. The van der Waals surface area contributed by atoms with Crippen molar-refractivity contribution in [2.45, 2.75) is 25.8 Å². The van der Waals surface area contributed by atoms with Crippen LogP contribution in [-0.2, 0) is 0 Å². The van der Waals surface area contributed by atoms with Gasteiger partial charge in [0.1, 0.15) is 19.0 Å². The monoisotopic (exact) mass is 341 g/mol. The number of hydrogen-bond acceptors (Lipinski definition) is 4. The fraction of sp³-hybridized carbons (Fsp3) is 0.350. The second kappa shape index (κ2) is 8.42. The predicted octanol–water partition coefficient (Wildman–Crippen LogP) is 3.44. The van der Waals surface area contributed by atoms with Crippen molar-refractivity contribution in [2.24, 2.45) is 0 Å². The molecule has 0 atom stereocenters. The fourth-order valence-electron chi connectivity index (χ4n) is 2.36. The van der Waals surface area contributed by atoms with Crippen LogP contribution in [0.4, 0.5) is 0 Å². The lowest BCUT2D eigenvalue weighted by Crippen LogP contribution is -2.25. The molecule has 3 rings (SSSR count). The molecule has 0 unspecified atom stereocenters. The van der Waals surface area contributed by atoms with Crippen LogP contribution in [0.2, 0.25) is 0 Å². The zero-order valence-corrected chi connectivity index (χ0v) is 14.4. The Morgan fingerprint density at radius 3 is 2.48 bits per heavy atom. The molecular weight excluding hydrogens is 318 g/mol. The molecule has 0 saturated heterocycles. The molecule has 1 aliphatic rings. The fourth-order valence-corrected chi connectivity index (χ4v) is 2.36. The van der Waals surface area contributed by atoms with Gasteiger partial charge in [0.05, 0.1) is 6.61 Å². The number of carbonyl (C=O) groups excluding carboxylic acids is 1. The summed E-state index contributed by atoms with van der Waals surface area (Å²) in [7, 11) is 0. The quantitative estimate of drug-likeness (QED) is 0.710. The molecular formula is C20H23NO4. The van der Waals surface area contributed by atoms with Gasteiger partial charge in [0.2, 0.25) is 0 Å². The van der Waals surface area contributed by atoms with Gasteiger partial charge in [-0.2, -0.15) is 0 Å². The van der Waals surface area contributed by atoms with Gasteiger partial charge in [-0.1, -0.05) is 18.2 Å². The van der Waals surface area contributed by atoms with Crippen LogP contribution < -0.4 is 19.5 Å². The number of amides is 1. The Balaban J connectivity index is 1.56. The van der Waals surface area contributed by atoms with Crippen molar-refractivity contribution in [3.8, 4) is 17.2 Å². The van der Waals surface area contributed by atoms with E-state index in [-0.39, 0.29) is 5.91 Å². The summed E-state index contributed by atoms with van der Waals surface area (Å²) in [4.78, 5) is 12.2. The molecule has 0 aliphatic heterocycles. The maximum atomic E-state index is 12.2. The van der Waals surface area contributed by atoms with Crippen molar-refractivity contribution in [3.63, 3.8) is 0 Å². The summed E-state index contributed by atoms with van der Waals surface area (Å²) in [5.41, 5.74) is 0.586. The third-order valence-corrected chi connectivity index (χ3v) is 3.77. The van der Waals surface area contributed by atoms with Gasteiger partial charge in [-0.3, -0.25) is 4.79 Å². The van der Waals surface area contributed by atoms with Gasteiger partial charge >= 0.3 is 0 Å². The van der Waals surface area contributed by atoms with E-state index in [1.165, 1.54) is 0 Å². The van der Waals surface area contributed by atoms with Gasteiger partial charge in [0.25, 0.3) is 5.91 Å². The van der Waals surface area contributed by atoms with Gasteiger partial charge in [0.15, 0.2) is 11.5 Å². The summed E-state index contributed by atoms with van der Waals surface area (Å²) >= 11 is 0. The van der Waals surface area contributed by atoms with E-state index in [2.05, 4.69) is 5.32 Å². The minimum Gasteiger partial charge on any atom is -0.490 e. The first-order valence-corrected chi connectivity index (χ1v) is 8.64. The standard InChI is InChI=1S/C20H23NO4/c1-2-23-19-14-15(20(22)21-16-9-10-16)8-11-18(19)25-13-12-24-17-6-4-3-5-7-17/h3-8,11,14,16H,2,9-10,12-13H2,1H3,(H,21,22). The van der Waals surface area contributed by atoms with Crippen molar-refractivity contribution in [2.75, 3.05) is 19.8 Å². The molecule has 1 N–H and O–H groups in total. The lowest BCUT2D eigenvalue weighted by Gasteiger charge is -2.14. The molecule has 0 bridgehead atoms. The maximum Gasteiger partial charge on any atom is 0.251 e. The Hall–Kier alpha value is -2.69. The van der Waals surface area contributed by atoms with Crippen molar-refractivity contribution in [3.05, 3.63) is 54.1 Å².